The molecule has 1 aromatic carbocycles. The quantitative estimate of drug-likeness (QED) is 0.822. The first-order valence-electron chi connectivity index (χ1n) is 7.20. The molecule has 1 aliphatic rings. The van der Waals surface area contributed by atoms with Crippen LogP contribution in [0.1, 0.15) is 18.4 Å². The van der Waals surface area contributed by atoms with Crippen molar-refractivity contribution >= 4 is 5.78 Å². The number of nitrogens with zero attached hydrogens (tertiary/aromatic N) is 2. The Balaban J connectivity index is 1.80. The molecular weight excluding hydrogens is 255 g/mol. The number of hydrogen-bond acceptors (Lipinski definition) is 3. The van der Waals surface area contributed by atoms with Crippen LogP contribution in [0.3, 0.4) is 0 Å². The summed E-state index contributed by atoms with van der Waals surface area (Å²) in [5.74, 6) is -0.189. The summed E-state index contributed by atoms with van der Waals surface area (Å²) in [6.07, 6.45) is 2.39. The third-order valence-electron chi connectivity index (χ3n) is 4.03. The maximum Gasteiger partial charge on any atom is 0.151 e. The van der Waals surface area contributed by atoms with Crippen LogP contribution in [0, 0.1) is 5.82 Å². The van der Waals surface area contributed by atoms with Crippen molar-refractivity contribution in [3.63, 3.8) is 0 Å². The van der Waals surface area contributed by atoms with Gasteiger partial charge in [0.05, 0.1) is 6.54 Å². The molecule has 0 radical (unpaired) electrons. The number of piperidine rings is 1. The van der Waals surface area contributed by atoms with Crippen molar-refractivity contribution in [1.29, 1.82) is 0 Å². The van der Waals surface area contributed by atoms with E-state index >= 15 is 0 Å². The molecule has 20 heavy (non-hydrogen) atoms. The van der Waals surface area contributed by atoms with Crippen LogP contribution in [0.25, 0.3) is 0 Å². The van der Waals surface area contributed by atoms with Crippen molar-refractivity contribution in [2.24, 2.45) is 0 Å². The van der Waals surface area contributed by atoms with Crippen LogP contribution in [0.5, 0.6) is 0 Å². The number of hydrogen-bond donors (Lipinski definition) is 0. The Morgan fingerprint density at radius 1 is 1.30 bits per heavy atom. The summed E-state index contributed by atoms with van der Waals surface area (Å²) >= 11 is 0. The largest absolute Gasteiger partial charge is 0.306 e. The lowest BCUT2D eigenvalue weighted by Gasteiger charge is -2.34. The molecule has 0 atom stereocenters. The molecule has 110 valence electrons. The van der Waals surface area contributed by atoms with E-state index < -0.39 is 0 Å². The highest BCUT2D eigenvalue weighted by Crippen LogP contribution is 2.14. The van der Waals surface area contributed by atoms with Crippen molar-refractivity contribution in [3.8, 4) is 0 Å². The topological polar surface area (TPSA) is 23.6 Å². The lowest BCUT2D eigenvalue weighted by atomic mass is 10.0. The van der Waals surface area contributed by atoms with Gasteiger partial charge in [0.2, 0.25) is 0 Å². The molecule has 0 saturated carbocycles. The highest BCUT2D eigenvalue weighted by Gasteiger charge is 2.22. The van der Waals surface area contributed by atoms with Gasteiger partial charge in [-0.2, -0.15) is 0 Å². The number of ketones is 1. The molecule has 2 rings (SSSR count). The highest BCUT2D eigenvalue weighted by atomic mass is 19.1. The van der Waals surface area contributed by atoms with Crippen molar-refractivity contribution in [3.05, 3.63) is 35.6 Å². The van der Waals surface area contributed by atoms with Gasteiger partial charge in [0.25, 0.3) is 0 Å². The Hall–Kier alpha value is -1.26. The fourth-order valence-corrected chi connectivity index (χ4v) is 2.75. The summed E-state index contributed by atoms with van der Waals surface area (Å²) in [5.41, 5.74) is 0.501. The van der Waals surface area contributed by atoms with Gasteiger partial charge in [-0.25, -0.2) is 4.39 Å². The normalized spacial score (nSPS) is 17.6. The third kappa shape index (κ3) is 4.12. The predicted octanol–water partition coefficient (Wildman–Crippen LogP) is 1.96. The second kappa shape index (κ2) is 6.95. The molecular formula is C16H23FN2O. The van der Waals surface area contributed by atoms with Crippen LogP contribution >= 0.6 is 0 Å². The number of likely N-dealkylation sites (tertiary alicyclic amines) is 1. The highest BCUT2D eigenvalue weighted by molar-refractivity contribution is 5.82. The van der Waals surface area contributed by atoms with Gasteiger partial charge in [-0.1, -0.05) is 18.2 Å². The van der Waals surface area contributed by atoms with Gasteiger partial charge < -0.3 is 4.90 Å². The Labute approximate surface area is 120 Å². The molecule has 0 spiro atoms. The molecule has 0 amide bonds. The van der Waals surface area contributed by atoms with Crippen molar-refractivity contribution < 1.29 is 9.18 Å². The lowest BCUT2D eigenvalue weighted by molar-refractivity contribution is -0.120. The Kier molecular flexibility index (Phi) is 5.26. The molecule has 0 unspecified atom stereocenters. The van der Waals surface area contributed by atoms with E-state index in [9.17, 15) is 9.18 Å². The van der Waals surface area contributed by atoms with Gasteiger partial charge in [-0.15, -0.1) is 0 Å². The van der Waals surface area contributed by atoms with Crippen LogP contribution < -0.4 is 0 Å². The molecule has 3 nitrogen and oxygen atoms in total. The van der Waals surface area contributed by atoms with E-state index in [1.165, 1.54) is 6.07 Å². The van der Waals surface area contributed by atoms with Gasteiger partial charge >= 0.3 is 0 Å². The summed E-state index contributed by atoms with van der Waals surface area (Å²) < 4.78 is 13.5. The van der Waals surface area contributed by atoms with E-state index in [0.717, 1.165) is 25.9 Å². The lowest BCUT2D eigenvalue weighted by Crippen LogP contribution is -2.43. The smallest absolute Gasteiger partial charge is 0.151 e. The number of benzene rings is 1. The zero-order valence-electron chi connectivity index (χ0n) is 12.3. The van der Waals surface area contributed by atoms with Crippen LogP contribution in [0.2, 0.25) is 0 Å². The monoisotopic (exact) mass is 278 g/mol. The standard InChI is InChI=1S/C16H23FN2O/c1-18(2)14-7-9-19(10-8-14)12-15(20)11-13-5-3-4-6-16(13)17/h3-6,14H,7-12H2,1-2H3. The zero-order valence-corrected chi connectivity index (χ0v) is 12.3. The predicted molar refractivity (Wildman–Crippen MR) is 78.3 cm³/mol. The minimum Gasteiger partial charge on any atom is -0.306 e. The molecule has 4 heteroatoms. The van der Waals surface area contributed by atoms with E-state index in [0.29, 0.717) is 18.2 Å². The maximum atomic E-state index is 13.5. The first-order chi connectivity index (χ1) is 9.56. The number of carbonyl (C=O) groups is 1. The first kappa shape index (κ1) is 15.1. The summed E-state index contributed by atoms with van der Waals surface area (Å²) in [5, 5.41) is 0. The average Bonchev–Trinajstić information content (AvgIpc) is 2.42. The molecule has 1 saturated heterocycles. The summed E-state index contributed by atoms with van der Waals surface area (Å²) in [6, 6.07) is 7.13. The fourth-order valence-electron chi connectivity index (χ4n) is 2.75. The van der Waals surface area contributed by atoms with E-state index in [2.05, 4.69) is 23.9 Å². The van der Waals surface area contributed by atoms with Gasteiger partial charge in [-0.05, 0) is 38.6 Å². The Morgan fingerprint density at radius 3 is 2.55 bits per heavy atom. The van der Waals surface area contributed by atoms with Gasteiger partial charge in [0, 0.05) is 25.6 Å². The average molecular weight is 278 g/mol. The summed E-state index contributed by atoms with van der Waals surface area (Å²) in [4.78, 5) is 16.5. The molecule has 0 aliphatic carbocycles. The second-order valence-electron chi connectivity index (χ2n) is 5.78. The number of rotatable bonds is 5. The van der Waals surface area contributed by atoms with E-state index in [4.69, 9.17) is 0 Å². The first-order valence-corrected chi connectivity index (χ1v) is 7.20. The van der Waals surface area contributed by atoms with Crippen molar-refractivity contribution in [2.75, 3.05) is 33.7 Å². The maximum absolute atomic E-state index is 13.5. The van der Waals surface area contributed by atoms with E-state index in [-0.39, 0.29) is 18.0 Å². The second-order valence-corrected chi connectivity index (χ2v) is 5.78. The third-order valence-corrected chi connectivity index (χ3v) is 4.03. The number of Topliss-reactive ketones (excluding diaryl/α,β-unsaturated/α-hetero) is 1. The van der Waals surface area contributed by atoms with Crippen molar-refractivity contribution in [1.82, 2.24) is 9.80 Å². The molecule has 1 aromatic rings. The Bertz CT molecular complexity index is 454. The van der Waals surface area contributed by atoms with Crippen LogP contribution in [0.4, 0.5) is 4.39 Å². The zero-order chi connectivity index (χ0) is 14.5. The van der Waals surface area contributed by atoms with E-state index in [1.54, 1.807) is 18.2 Å². The molecule has 1 aliphatic heterocycles. The summed E-state index contributed by atoms with van der Waals surface area (Å²) in [6.45, 7) is 2.34. The van der Waals surface area contributed by atoms with E-state index in [1.807, 2.05) is 0 Å². The SMILES string of the molecule is CN(C)C1CCN(CC(=O)Cc2ccccc2F)CC1. The molecule has 0 N–H and O–H groups in total. The van der Waals surface area contributed by atoms with Crippen LogP contribution in [-0.4, -0.2) is 55.4 Å². The minimum absolute atomic E-state index is 0.0957. The van der Waals surface area contributed by atoms with Gasteiger partial charge in [0.1, 0.15) is 5.82 Å². The fraction of sp³-hybridized carbons (Fsp3) is 0.562. The molecule has 0 aromatic heterocycles. The number of carbonyl (C=O) groups excluding carboxylic acids is 1. The van der Waals surface area contributed by atoms with Gasteiger partial charge in [0.15, 0.2) is 5.78 Å². The van der Waals surface area contributed by atoms with Gasteiger partial charge in [-0.3, -0.25) is 9.69 Å². The summed E-state index contributed by atoms with van der Waals surface area (Å²) in [7, 11) is 4.20. The Morgan fingerprint density at radius 2 is 1.95 bits per heavy atom. The number of halogens is 1. The minimum atomic E-state index is -0.285. The van der Waals surface area contributed by atoms with Crippen LogP contribution in [0.15, 0.2) is 24.3 Å². The van der Waals surface area contributed by atoms with Crippen LogP contribution in [-0.2, 0) is 11.2 Å². The molecule has 1 heterocycles. The molecule has 0 bridgehead atoms. The van der Waals surface area contributed by atoms with Crippen molar-refractivity contribution in [2.45, 2.75) is 25.3 Å². The molecule has 1 fully saturated rings.